The fraction of sp³-hybridized carbons (Fsp3) is 0.350. The molecule has 0 aliphatic carbocycles. The predicted octanol–water partition coefficient (Wildman–Crippen LogP) is 2.79. The Kier molecular flexibility index (Phi) is 6.94. The minimum absolute atomic E-state index is 0.221. The number of anilines is 1. The third kappa shape index (κ3) is 5.57. The first kappa shape index (κ1) is 21.8. The number of rotatable bonds is 6. The smallest absolute Gasteiger partial charge is 0.265 e. The van der Waals surface area contributed by atoms with Crippen LogP contribution in [-0.4, -0.2) is 62.9 Å². The van der Waals surface area contributed by atoms with Crippen LogP contribution in [0.2, 0.25) is 0 Å². The van der Waals surface area contributed by atoms with E-state index in [1.165, 1.54) is 16.4 Å². The first-order valence-electron chi connectivity index (χ1n) is 9.27. The van der Waals surface area contributed by atoms with Crippen LogP contribution in [0.5, 0.6) is 5.75 Å². The predicted molar refractivity (Wildman–Crippen MR) is 116 cm³/mol. The molecule has 9 heteroatoms. The van der Waals surface area contributed by atoms with E-state index in [1.807, 2.05) is 19.2 Å². The number of nitrogens with zero attached hydrogens (tertiary/aromatic N) is 2. The second-order valence-corrected chi connectivity index (χ2v) is 9.79. The summed E-state index contributed by atoms with van der Waals surface area (Å²) in [5.41, 5.74) is 0.513. The fourth-order valence-corrected chi connectivity index (χ4v) is 4.59. The zero-order valence-corrected chi connectivity index (χ0v) is 18.7. The van der Waals surface area contributed by atoms with Crippen LogP contribution in [0.3, 0.4) is 0 Å². The SMILES string of the molecule is CC(Oc1ccc(Br)cc1)C(=O)Nc1ccc(S(=O)(=O)N2CCN(C)CC2)cc1. The zero-order valence-electron chi connectivity index (χ0n) is 16.3. The van der Waals surface area contributed by atoms with Crippen LogP contribution in [-0.2, 0) is 14.8 Å². The summed E-state index contributed by atoms with van der Waals surface area (Å²) in [6, 6.07) is 13.4. The van der Waals surface area contributed by atoms with Crippen molar-refractivity contribution in [3.05, 3.63) is 53.0 Å². The highest BCUT2D eigenvalue weighted by Crippen LogP contribution is 2.21. The number of piperazine rings is 1. The molecule has 2 aromatic carbocycles. The van der Waals surface area contributed by atoms with Crippen LogP contribution < -0.4 is 10.1 Å². The van der Waals surface area contributed by atoms with Crippen molar-refractivity contribution in [2.45, 2.75) is 17.9 Å². The minimum atomic E-state index is -3.53. The molecule has 0 aromatic heterocycles. The maximum Gasteiger partial charge on any atom is 0.265 e. The molecule has 1 unspecified atom stereocenters. The lowest BCUT2D eigenvalue weighted by Gasteiger charge is -2.31. The second-order valence-electron chi connectivity index (χ2n) is 6.93. The Morgan fingerprint density at radius 3 is 2.21 bits per heavy atom. The van der Waals surface area contributed by atoms with Crippen molar-refractivity contribution in [2.24, 2.45) is 0 Å². The summed E-state index contributed by atoms with van der Waals surface area (Å²) < 4.78 is 33.6. The molecule has 0 radical (unpaired) electrons. The molecule has 156 valence electrons. The molecule has 7 nitrogen and oxygen atoms in total. The Morgan fingerprint density at radius 1 is 1.03 bits per heavy atom. The third-order valence-electron chi connectivity index (χ3n) is 4.72. The standard InChI is InChI=1S/C20H24BrN3O4S/c1-15(28-18-7-3-16(21)4-8-18)20(25)22-17-5-9-19(10-6-17)29(26,27)24-13-11-23(2)12-14-24/h3-10,15H,11-14H2,1-2H3,(H,22,25). The monoisotopic (exact) mass is 481 g/mol. The molecular weight excluding hydrogens is 458 g/mol. The van der Waals surface area contributed by atoms with E-state index in [0.29, 0.717) is 37.6 Å². The number of sulfonamides is 1. The van der Waals surface area contributed by atoms with Crippen molar-refractivity contribution in [2.75, 3.05) is 38.5 Å². The van der Waals surface area contributed by atoms with Gasteiger partial charge in [-0.25, -0.2) is 8.42 Å². The van der Waals surface area contributed by atoms with Gasteiger partial charge in [0.1, 0.15) is 5.75 Å². The molecule has 1 aliphatic heterocycles. The summed E-state index contributed by atoms with van der Waals surface area (Å²) in [5.74, 6) is 0.270. The quantitative estimate of drug-likeness (QED) is 0.685. The van der Waals surface area contributed by atoms with Gasteiger partial charge in [-0.05, 0) is 62.5 Å². The Morgan fingerprint density at radius 2 is 1.62 bits per heavy atom. The maximum atomic E-state index is 12.8. The number of ether oxygens (including phenoxy) is 1. The molecule has 1 heterocycles. The summed E-state index contributed by atoms with van der Waals surface area (Å²) in [6.07, 6.45) is -0.704. The number of nitrogens with one attached hydrogen (secondary N) is 1. The lowest BCUT2D eigenvalue weighted by molar-refractivity contribution is -0.122. The van der Waals surface area contributed by atoms with Gasteiger partial charge in [-0.15, -0.1) is 0 Å². The first-order valence-corrected chi connectivity index (χ1v) is 11.5. The molecule has 0 bridgehead atoms. The summed E-state index contributed by atoms with van der Waals surface area (Å²) >= 11 is 3.35. The van der Waals surface area contributed by atoms with E-state index in [4.69, 9.17) is 4.74 Å². The van der Waals surface area contributed by atoms with E-state index in [0.717, 1.165) is 4.47 Å². The third-order valence-corrected chi connectivity index (χ3v) is 7.16. The highest BCUT2D eigenvalue weighted by molar-refractivity contribution is 9.10. The van der Waals surface area contributed by atoms with Gasteiger partial charge in [0, 0.05) is 36.3 Å². The lowest BCUT2D eigenvalue weighted by atomic mass is 10.3. The van der Waals surface area contributed by atoms with Crippen LogP contribution in [0.1, 0.15) is 6.92 Å². The molecule has 0 saturated carbocycles. The number of carbonyl (C=O) groups excluding carboxylic acids is 1. The molecule has 2 aromatic rings. The number of likely N-dealkylation sites (N-methyl/N-ethyl adjacent to an activating group) is 1. The van der Waals surface area contributed by atoms with Crippen LogP contribution in [0.15, 0.2) is 57.9 Å². The zero-order chi connectivity index (χ0) is 21.0. The van der Waals surface area contributed by atoms with Crippen molar-refractivity contribution in [3.8, 4) is 5.75 Å². The largest absolute Gasteiger partial charge is 0.481 e. The number of hydrogen-bond donors (Lipinski definition) is 1. The van der Waals surface area contributed by atoms with Gasteiger partial charge in [0.25, 0.3) is 5.91 Å². The van der Waals surface area contributed by atoms with E-state index >= 15 is 0 Å². The Bertz CT molecular complexity index is 941. The van der Waals surface area contributed by atoms with Gasteiger partial charge in [-0.3, -0.25) is 4.79 Å². The van der Waals surface area contributed by atoms with Crippen LogP contribution in [0.25, 0.3) is 0 Å². The van der Waals surface area contributed by atoms with Crippen LogP contribution >= 0.6 is 15.9 Å². The molecular formula is C20H24BrN3O4S. The fourth-order valence-electron chi connectivity index (χ4n) is 2.90. The molecule has 1 aliphatic rings. The average molecular weight is 482 g/mol. The summed E-state index contributed by atoms with van der Waals surface area (Å²) in [6.45, 7) is 4.03. The summed E-state index contributed by atoms with van der Waals surface area (Å²) in [7, 11) is -1.55. The van der Waals surface area contributed by atoms with E-state index in [2.05, 4.69) is 26.1 Å². The number of amides is 1. The van der Waals surface area contributed by atoms with E-state index in [9.17, 15) is 13.2 Å². The van der Waals surface area contributed by atoms with Gasteiger partial charge in [0.2, 0.25) is 10.0 Å². The molecule has 1 atom stereocenters. The molecule has 0 spiro atoms. The van der Waals surface area contributed by atoms with Crippen LogP contribution in [0.4, 0.5) is 5.69 Å². The van der Waals surface area contributed by atoms with Crippen molar-refractivity contribution in [1.82, 2.24) is 9.21 Å². The van der Waals surface area contributed by atoms with Crippen molar-refractivity contribution in [3.63, 3.8) is 0 Å². The van der Waals surface area contributed by atoms with Gasteiger partial charge < -0.3 is 15.0 Å². The number of carbonyl (C=O) groups is 1. The molecule has 29 heavy (non-hydrogen) atoms. The van der Waals surface area contributed by atoms with Crippen molar-refractivity contribution in [1.29, 1.82) is 0 Å². The number of hydrogen-bond acceptors (Lipinski definition) is 5. The maximum absolute atomic E-state index is 12.8. The molecule has 1 amide bonds. The van der Waals surface area contributed by atoms with Gasteiger partial charge in [0.05, 0.1) is 4.90 Å². The normalized spacial score (nSPS) is 16.9. The van der Waals surface area contributed by atoms with Crippen molar-refractivity contribution < 1.29 is 17.9 Å². The number of benzene rings is 2. The van der Waals surface area contributed by atoms with Gasteiger partial charge >= 0.3 is 0 Å². The van der Waals surface area contributed by atoms with E-state index in [1.54, 1.807) is 31.2 Å². The molecule has 3 rings (SSSR count). The van der Waals surface area contributed by atoms with E-state index in [-0.39, 0.29) is 10.8 Å². The minimum Gasteiger partial charge on any atom is -0.481 e. The van der Waals surface area contributed by atoms with Crippen LogP contribution in [0, 0.1) is 0 Å². The topological polar surface area (TPSA) is 78.9 Å². The molecule has 1 N–H and O–H groups in total. The Labute approximate surface area is 179 Å². The Balaban J connectivity index is 1.61. The van der Waals surface area contributed by atoms with Gasteiger partial charge in [0.15, 0.2) is 6.10 Å². The summed E-state index contributed by atoms with van der Waals surface area (Å²) in [4.78, 5) is 14.7. The number of halogens is 1. The first-order chi connectivity index (χ1) is 13.8. The van der Waals surface area contributed by atoms with Gasteiger partial charge in [-0.1, -0.05) is 15.9 Å². The lowest BCUT2D eigenvalue weighted by Crippen LogP contribution is -2.46. The van der Waals surface area contributed by atoms with Gasteiger partial charge in [-0.2, -0.15) is 4.31 Å². The second kappa shape index (κ2) is 9.25. The Hall–Kier alpha value is -1.94. The van der Waals surface area contributed by atoms with Crippen molar-refractivity contribution >= 4 is 37.5 Å². The summed E-state index contributed by atoms with van der Waals surface area (Å²) in [5, 5.41) is 2.75. The highest BCUT2D eigenvalue weighted by Gasteiger charge is 2.27. The average Bonchev–Trinajstić information content (AvgIpc) is 2.70. The molecule has 1 fully saturated rings. The van der Waals surface area contributed by atoms with E-state index < -0.39 is 16.1 Å². The molecule has 1 saturated heterocycles. The highest BCUT2D eigenvalue weighted by atomic mass is 79.9.